The predicted octanol–water partition coefficient (Wildman–Crippen LogP) is 0.898. The molecule has 2 nitrogen and oxygen atoms in total. The van der Waals surface area contributed by atoms with Gasteiger partial charge in [-0.15, -0.1) is 0 Å². The second-order valence-electron chi connectivity index (χ2n) is 2.81. The van der Waals surface area contributed by atoms with Gasteiger partial charge in [0.05, 0.1) is 12.5 Å². The average molecular weight is 124 g/mol. The average Bonchev–Trinajstić information content (AvgIpc) is 2.17. The van der Waals surface area contributed by atoms with E-state index in [0.29, 0.717) is 12.5 Å². The first-order chi connectivity index (χ1) is 4.33. The van der Waals surface area contributed by atoms with E-state index in [-0.39, 0.29) is 0 Å². The lowest BCUT2D eigenvalue weighted by atomic mass is 10.1. The molecule has 0 bridgehead atoms. The number of hydrogen-bond acceptors (Lipinski definition) is 2. The lowest BCUT2D eigenvalue weighted by Gasteiger charge is -2.01. The number of rotatable bonds is 1. The summed E-state index contributed by atoms with van der Waals surface area (Å²) in [4.78, 5) is 0. The highest BCUT2D eigenvalue weighted by molar-refractivity contribution is 4.86. The zero-order valence-corrected chi connectivity index (χ0v) is 5.72. The summed E-state index contributed by atoms with van der Waals surface area (Å²) in [5, 5.41) is 11.6. The van der Waals surface area contributed by atoms with Crippen molar-refractivity contribution in [2.75, 3.05) is 6.54 Å². The Balaban J connectivity index is 2.24. The molecule has 1 heterocycles. The Labute approximate surface area is 55.9 Å². The molecule has 1 saturated heterocycles. The standard InChI is InChI=1S/C7H12N2/c1-6-4-7(2-3-8)9-5-6/h6-7,9H,2,4-5H2,1H3/t6-,7+/m0/s1. The van der Waals surface area contributed by atoms with E-state index in [1.165, 1.54) is 6.42 Å². The van der Waals surface area contributed by atoms with Crippen LogP contribution in [-0.4, -0.2) is 12.6 Å². The van der Waals surface area contributed by atoms with Crippen molar-refractivity contribution in [1.82, 2.24) is 5.32 Å². The molecule has 0 amide bonds. The minimum atomic E-state index is 0.477. The van der Waals surface area contributed by atoms with E-state index in [1.807, 2.05) is 0 Å². The molecule has 1 aliphatic rings. The van der Waals surface area contributed by atoms with Crippen molar-refractivity contribution < 1.29 is 0 Å². The SMILES string of the molecule is C[C@@H]1CN[C@H](CC#N)C1. The van der Waals surface area contributed by atoms with E-state index in [0.717, 1.165) is 12.5 Å². The third-order valence-corrected chi connectivity index (χ3v) is 1.78. The monoisotopic (exact) mass is 124 g/mol. The maximum Gasteiger partial charge on any atom is 0.0638 e. The van der Waals surface area contributed by atoms with Crippen molar-refractivity contribution >= 4 is 0 Å². The Kier molecular flexibility index (Phi) is 2.07. The highest BCUT2D eigenvalue weighted by Gasteiger charge is 2.19. The topological polar surface area (TPSA) is 35.8 Å². The van der Waals surface area contributed by atoms with Gasteiger partial charge < -0.3 is 5.32 Å². The summed E-state index contributed by atoms with van der Waals surface area (Å²) in [5.41, 5.74) is 0. The number of hydrogen-bond donors (Lipinski definition) is 1. The van der Waals surface area contributed by atoms with Crippen LogP contribution in [0.15, 0.2) is 0 Å². The van der Waals surface area contributed by atoms with Gasteiger partial charge >= 0.3 is 0 Å². The summed E-state index contributed by atoms with van der Waals surface area (Å²) >= 11 is 0. The number of nitrogens with zero attached hydrogens (tertiary/aromatic N) is 1. The largest absolute Gasteiger partial charge is 0.313 e. The summed E-state index contributed by atoms with van der Waals surface area (Å²) in [7, 11) is 0. The molecule has 2 atom stereocenters. The van der Waals surface area contributed by atoms with Crippen LogP contribution in [0.1, 0.15) is 19.8 Å². The minimum Gasteiger partial charge on any atom is -0.313 e. The first-order valence-corrected chi connectivity index (χ1v) is 3.43. The third kappa shape index (κ3) is 1.69. The van der Waals surface area contributed by atoms with Gasteiger partial charge in [-0.25, -0.2) is 0 Å². The summed E-state index contributed by atoms with van der Waals surface area (Å²) in [6, 6.07) is 2.64. The van der Waals surface area contributed by atoms with Gasteiger partial charge in [0.25, 0.3) is 0 Å². The van der Waals surface area contributed by atoms with Crippen LogP contribution in [0, 0.1) is 17.2 Å². The van der Waals surface area contributed by atoms with E-state index in [9.17, 15) is 0 Å². The molecular weight excluding hydrogens is 112 g/mol. The quantitative estimate of drug-likeness (QED) is 0.563. The molecule has 1 rings (SSSR count). The zero-order valence-electron chi connectivity index (χ0n) is 5.72. The highest BCUT2D eigenvalue weighted by Crippen LogP contribution is 2.14. The molecule has 0 aromatic rings. The van der Waals surface area contributed by atoms with Crippen LogP contribution < -0.4 is 5.32 Å². The zero-order chi connectivity index (χ0) is 6.69. The Morgan fingerprint density at radius 2 is 2.56 bits per heavy atom. The van der Waals surface area contributed by atoms with E-state index >= 15 is 0 Å². The Morgan fingerprint density at radius 1 is 1.78 bits per heavy atom. The van der Waals surface area contributed by atoms with Crippen LogP contribution in [0.25, 0.3) is 0 Å². The van der Waals surface area contributed by atoms with Gasteiger partial charge in [-0.05, 0) is 18.9 Å². The summed E-state index contributed by atoms with van der Waals surface area (Å²) in [6.07, 6.45) is 1.85. The molecule has 0 saturated carbocycles. The second kappa shape index (κ2) is 2.84. The van der Waals surface area contributed by atoms with Crippen molar-refractivity contribution in [3.63, 3.8) is 0 Å². The molecule has 2 heteroatoms. The Morgan fingerprint density at radius 3 is 3.00 bits per heavy atom. The number of nitriles is 1. The fourth-order valence-electron chi connectivity index (χ4n) is 1.29. The van der Waals surface area contributed by atoms with Gasteiger partial charge in [-0.1, -0.05) is 6.92 Å². The normalized spacial score (nSPS) is 34.2. The predicted molar refractivity (Wildman–Crippen MR) is 35.8 cm³/mol. The molecule has 0 aromatic heterocycles. The smallest absolute Gasteiger partial charge is 0.0638 e. The molecule has 50 valence electrons. The molecule has 0 unspecified atom stereocenters. The molecule has 1 aliphatic heterocycles. The molecule has 1 fully saturated rings. The fraction of sp³-hybridized carbons (Fsp3) is 0.857. The van der Waals surface area contributed by atoms with Gasteiger partial charge in [0.1, 0.15) is 0 Å². The van der Waals surface area contributed by atoms with Gasteiger partial charge in [0, 0.05) is 6.04 Å². The highest BCUT2D eigenvalue weighted by atomic mass is 14.9. The first-order valence-electron chi connectivity index (χ1n) is 3.43. The van der Waals surface area contributed by atoms with Gasteiger partial charge in [-0.2, -0.15) is 5.26 Å². The molecule has 0 aliphatic carbocycles. The van der Waals surface area contributed by atoms with E-state index in [4.69, 9.17) is 5.26 Å². The van der Waals surface area contributed by atoms with Crippen molar-refractivity contribution in [2.45, 2.75) is 25.8 Å². The van der Waals surface area contributed by atoms with E-state index < -0.39 is 0 Å². The minimum absolute atomic E-state index is 0.477. The Bertz CT molecular complexity index is 125. The van der Waals surface area contributed by atoms with Gasteiger partial charge in [0.2, 0.25) is 0 Å². The summed E-state index contributed by atoms with van der Waals surface area (Å²) in [6.45, 7) is 3.30. The summed E-state index contributed by atoms with van der Waals surface area (Å²) in [5.74, 6) is 0.767. The molecular formula is C7H12N2. The van der Waals surface area contributed by atoms with Crippen molar-refractivity contribution in [1.29, 1.82) is 5.26 Å². The van der Waals surface area contributed by atoms with Crippen LogP contribution >= 0.6 is 0 Å². The third-order valence-electron chi connectivity index (χ3n) is 1.78. The van der Waals surface area contributed by atoms with Crippen molar-refractivity contribution in [2.24, 2.45) is 5.92 Å². The first kappa shape index (κ1) is 6.57. The molecule has 0 spiro atoms. The molecule has 0 radical (unpaired) electrons. The molecule has 0 aromatic carbocycles. The van der Waals surface area contributed by atoms with E-state index in [2.05, 4.69) is 18.3 Å². The van der Waals surface area contributed by atoms with Crippen LogP contribution in [0.2, 0.25) is 0 Å². The lowest BCUT2D eigenvalue weighted by molar-refractivity contribution is 0.594. The maximum absolute atomic E-state index is 8.32. The fourth-order valence-corrected chi connectivity index (χ4v) is 1.29. The summed E-state index contributed by atoms with van der Waals surface area (Å²) < 4.78 is 0. The van der Waals surface area contributed by atoms with Crippen LogP contribution in [0.4, 0.5) is 0 Å². The maximum atomic E-state index is 8.32. The van der Waals surface area contributed by atoms with Crippen LogP contribution in [-0.2, 0) is 0 Å². The van der Waals surface area contributed by atoms with Crippen molar-refractivity contribution in [3.8, 4) is 6.07 Å². The van der Waals surface area contributed by atoms with Gasteiger partial charge in [-0.3, -0.25) is 0 Å². The van der Waals surface area contributed by atoms with E-state index in [1.54, 1.807) is 0 Å². The lowest BCUT2D eigenvalue weighted by Crippen LogP contribution is -2.20. The van der Waals surface area contributed by atoms with Gasteiger partial charge in [0.15, 0.2) is 0 Å². The molecule has 9 heavy (non-hydrogen) atoms. The Hall–Kier alpha value is -0.550. The van der Waals surface area contributed by atoms with Crippen LogP contribution in [0.5, 0.6) is 0 Å². The second-order valence-corrected chi connectivity index (χ2v) is 2.81. The number of nitrogens with one attached hydrogen (secondary N) is 1. The molecule has 1 N–H and O–H groups in total. The van der Waals surface area contributed by atoms with Crippen LogP contribution in [0.3, 0.4) is 0 Å². The van der Waals surface area contributed by atoms with Crippen molar-refractivity contribution in [3.05, 3.63) is 0 Å².